The fraction of sp³-hybridized carbons (Fsp3) is 0.278. The highest BCUT2D eigenvalue weighted by atomic mass is 35.5. The number of rotatable bonds is 3. The highest BCUT2D eigenvalue weighted by Gasteiger charge is 2.20. The molecule has 5 heteroatoms. The summed E-state index contributed by atoms with van der Waals surface area (Å²) in [5, 5.41) is 0.404. The van der Waals surface area contributed by atoms with Crippen molar-refractivity contribution in [3.8, 4) is 11.5 Å². The van der Waals surface area contributed by atoms with Gasteiger partial charge in [0.2, 0.25) is 0 Å². The van der Waals surface area contributed by atoms with Crippen LogP contribution in [-0.4, -0.2) is 31.1 Å². The number of hydrogen-bond acceptors (Lipinski definition) is 3. The first-order chi connectivity index (χ1) is 11.1. The Labute approximate surface area is 140 Å². The van der Waals surface area contributed by atoms with Gasteiger partial charge >= 0.3 is 0 Å². The van der Waals surface area contributed by atoms with E-state index in [1.807, 2.05) is 30.3 Å². The lowest BCUT2D eigenvalue weighted by Crippen LogP contribution is -2.26. The van der Waals surface area contributed by atoms with E-state index in [-0.39, 0.29) is 5.91 Å². The number of amides is 1. The van der Waals surface area contributed by atoms with Crippen LogP contribution in [0.15, 0.2) is 42.5 Å². The zero-order valence-electron chi connectivity index (χ0n) is 12.9. The third-order valence-electron chi connectivity index (χ3n) is 3.66. The van der Waals surface area contributed by atoms with Crippen LogP contribution in [0.5, 0.6) is 11.5 Å². The van der Waals surface area contributed by atoms with E-state index in [2.05, 4.69) is 0 Å². The average Bonchev–Trinajstić information content (AvgIpc) is 2.80. The van der Waals surface area contributed by atoms with Crippen molar-refractivity contribution in [3.05, 3.63) is 58.6 Å². The molecule has 2 aromatic rings. The molecule has 0 unspecified atom stereocenters. The molecule has 1 heterocycles. The number of fused-ring (bicyclic) bond motifs is 1. The number of ether oxygens (including phenoxy) is 2. The lowest BCUT2D eigenvalue weighted by molar-refractivity contribution is 0.0784. The lowest BCUT2D eigenvalue weighted by Gasteiger charge is -2.18. The van der Waals surface area contributed by atoms with E-state index in [4.69, 9.17) is 21.1 Å². The molecule has 0 N–H and O–H groups in total. The van der Waals surface area contributed by atoms with Crippen molar-refractivity contribution in [2.45, 2.75) is 13.0 Å². The van der Waals surface area contributed by atoms with Crippen LogP contribution in [0.2, 0.25) is 5.02 Å². The maximum Gasteiger partial charge on any atom is 0.254 e. The Kier molecular flexibility index (Phi) is 4.72. The molecule has 0 fully saturated rings. The van der Waals surface area contributed by atoms with Crippen LogP contribution in [0.3, 0.4) is 0 Å². The Morgan fingerprint density at radius 2 is 1.91 bits per heavy atom. The van der Waals surface area contributed by atoms with Gasteiger partial charge in [0.1, 0.15) is 0 Å². The monoisotopic (exact) mass is 331 g/mol. The molecule has 4 nitrogen and oxygen atoms in total. The fourth-order valence-corrected chi connectivity index (χ4v) is 2.77. The summed E-state index contributed by atoms with van der Waals surface area (Å²) >= 11 is 6.25. The summed E-state index contributed by atoms with van der Waals surface area (Å²) in [5.41, 5.74) is 1.57. The minimum absolute atomic E-state index is 0.105. The van der Waals surface area contributed by atoms with Crippen LogP contribution < -0.4 is 9.47 Å². The second kappa shape index (κ2) is 6.92. The summed E-state index contributed by atoms with van der Waals surface area (Å²) in [5.74, 6) is 0.948. The van der Waals surface area contributed by atoms with Crippen LogP contribution in [0.25, 0.3) is 0 Å². The van der Waals surface area contributed by atoms with Gasteiger partial charge in [-0.3, -0.25) is 4.79 Å². The van der Waals surface area contributed by atoms with Crippen LogP contribution in [0.1, 0.15) is 22.3 Å². The summed E-state index contributed by atoms with van der Waals surface area (Å²) in [7, 11) is 1.77. The number of carbonyl (C=O) groups excluding carboxylic acids is 1. The Balaban J connectivity index is 1.82. The molecule has 0 radical (unpaired) electrons. The van der Waals surface area contributed by atoms with E-state index >= 15 is 0 Å². The molecule has 1 aliphatic rings. The maximum absolute atomic E-state index is 12.6. The van der Waals surface area contributed by atoms with Gasteiger partial charge in [-0.15, -0.1) is 0 Å². The first-order valence-electron chi connectivity index (χ1n) is 7.53. The zero-order valence-corrected chi connectivity index (χ0v) is 13.7. The number of benzene rings is 2. The molecular formula is C18H18ClNO3. The molecule has 1 amide bonds. The van der Waals surface area contributed by atoms with Gasteiger partial charge in [0.05, 0.1) is 18.2 Å². The third kappa shape index (κ3) is 3.59. The minimum atomic E-state index is -0.105. The van der Waals surface area contributed by atoms with Gasteiger partial charge in [0.25, 0.3) is 5.91 Å². The van der Waals surface area contributed by atoms with Gasteiger partial charge in [-0.1, -0.05) is 41.9 Å². The average molecular weight is 332 g/mol. The molecule has 0 aromatic heterocycles. The van der Waals surface area contributed by atoms with E-state index in [0.717, 1.165) is 12.0 Å². The van der Waals surface area contributed by atoms with Crippen molar-refractivity contribution < 1.29 is 14.3 Å². The fourth-order valence-electron chi connectivity index (χ4n) is 2.50. The standard InChI is InChI=1S/C18H18ClNO3/c1-20(12-13-6-3-2-4-7-13)18(21)14-10-15(19)17-16(11-14)22-8-5-9-23-17/h2-4,6-7,10-11H,5,8-9,12H2,1H3. The highest BCUT2D eigenvalue weighted by molar-refractivity contribution is 6.32. The van der Waals surface area contributed by atoms with Crippen molar-refractivity contribution in [3.63, 3.8) is 0 Å². The molecule has 23 heavy (non-hydrogen) atoms. The number of nitrogens with zero attached hydrogens (tertiary/aromatic N) is 1. The summed E-state index contributed by atoms with van der Waals surface area (Å²) in [6, 6.07) is 13.2. The van der Waals surface area contributed by atoms with Crippen molar-refractivity contribution in [1.29, 1.82) is 0 Å². The van der Waals surface area contributed by atoms with Crippen LogP contribution in [0.4, 0.5) is 0 Å². The number of hydrogen-bond donors (Lipinski definition) is 0. The second-order valence-electron chi connectivity index (χ2n) is 5.48. The van der Waals surface area contributed by atoms with Crippen LogP contribution in [0, 0.1) is 0 Å². The summed E-state index contributed by atoms with van der Waals surface area (Å²) < 4.78 is 11.2. The largest absolute Gasteiger partial charge is 0.489 e. The SMILES string of the molecule is CN(Cc1ccccc1)C(=O)c1cc(Cl)c2c(c1)OCCCO2. The molecule has 1 aliphatic heterocycles. The van der Waals surface area contributed by atoms with Crippen LogP contribution in [-0.2, 0) is 6.54 Å². The normalized spacial score (nSPS) is 13.3. The molecule has 0 saturated carbocycles. The predicted octanol–water partition coefficient (Wildman–Crippen LogP) is 3.77. The van der Waals surface area contributed by atoms with Gasteiger partial charge in [-0.25, -0.2) is 0 Å². The van der Waals surface area contributed by atoms with Crippen LogP contribution >= 0.6 is 11.6 Å². The molecule has 0 bridgehead atoms. The Bertz CT molecular complexity index is 703. The molecule has 2 aromatic carbocycles. The number of carbonyl (C=O) groups is 1. The lowest BCUT2D eigenvalue weighted by atomic mass is 10.1. The Morgan fingerprint density at radius 1 is 1.17 bits per heavy atom. The van der Waals surface area contributed by atoms with E-state index in [1.165, 1.54) is 0 Å². The maximum atomic E-state index is 12.6. The van der Waals surface area contributed by atoms with E-state index in [1.54, 1.807) is 24.1 Å². The number of halogens is 1. The zero-order chi connectivity index (χ0) is 16.2. The predicted molar refractivity (Wildman–Crippen MR) is 89.3 cm³/mol. The Morgan fingerprint density at radius 3 is 2.70 bits per heavy atom. The summed E-state index contributed by atoms with van der Waals surface area (Å²) in [4.78, 5) is 14.3. The molecule has 120 valence electrons. The van der Waals surface area contributed by atoms with Gasteiger partial charge < -0.3 is 14.4 Å². The quantitative estimate of drug-likeness (QED) is 0.859. The molecule has 0 spiro atoms. The molecule has 0 saturated heterocycles. The highest BCUT2D eigenvalue weighted by Crippen LogP contribution is 2.38. The van der Waals surface area contributed by atoms with Crippen molar-refractivity contribution in [2.75, 3.05) is 20.3 Å². The van der Waals surface area contributed by atoms with Gasteiger partial charge in [-0.2, -0.15) is 0 Å². The molecular weight excluding hydrogens is 314 g/mol. The van der Waals surface area contributed by atoms with Crippen molar-refractivity contribution in [1.82, 2.24) is 4.90 Å². The van der Waals surface area contributed by atoms with E-state index in [0.29, 0.717) is 41.8 Å². The topological polar surface area (TPSA) is 38.8 Å². The van der Waals surface area contributed by atoms with E-state index in [9.17, 15) is 4.79 Å². The first kappa shape index (κ1) is 15.7. The third-order valence-corrected chi connectivity index (χ3v) is 3.94. The van der Waals surface area contributed by atoms with E-state index < -0.39 is 0 Å². The molecule has 3 rings (SSSR count). The van der Waals surface area contributed by atoms with Gasteiger partial charge in [0, 0.05) is 25.6 Å². The van der Waals surface area contributed by atoms with Gasteiger partial charge in [-0.05, 0) is 17.7 Å². The second-order valence-corrected chi connectivity index (χ2v) is 5.89. The minimum Gasteiger partial charge on any atom is -0.489 e. The molecule has 0 atom stereocenters. The Hall–Kier alpha value is -2.20. The summed E-state index contributed by atoms with van der Waals surface area (Å²) in [6.07, 6.45) is 0.794. The van der Waals surface area contributed by atoms with Gasteiger partial charge in [0.15, 0.2) is 11.5 Å². The summed E-state index contributed by atoms with van der Waals surface area (Å²) in [6.45, 7) is 1.65. The van der Waals surface area contributed by atoms with Crippen molar-refractivity contribution >= 4 is 17.5 Å². The first-order valence-corrected chi connectivity index (χ1v) is 7.91. The molecule has 0 aliphatic carbocycles. The van der Waals surface area contributed by atoms with Crippen molar-refractivity contribution in [2.24, 2.45) is 0 Å². The smallest absolute Gasteiger partial charge is 0.254 e.